The van der Waals surface area contributed by atoms with Crippen molar-refractivity contribution in [2.45, 2.75) is 61.2 Å². The van der Waals surface area contributed by atoms with E-state index in [2.05, 4.69) is 38.1 Å². The second-order valence-corrected chi connectivity index (χ2v) is 4.52. The Hall–Kier alpha value is -0.860. The summed E-state index contributed by atoms with van der Waals surface area (Å²) < 4.78 is 10.6. The third-order valence-electron chi connectivity index (χ3n) is 3.14. The molecule has 1 saturated heterocycles. The van der Waals surface area contributed by atoms with Crippen LogP contribution in [0.2, 0.25) is 0 Å². The van der Waals surface area contributed by atoms with Gasteiger partial charge in [-0.25, -0.2) is 0 Å². The Morgan fingerprint density at radius 2 is 1.79 bits per heavy atom. The molecule has 2 rings (SSSR count). The van der Waals surface area contributed by atoms with E-state index < -0.39 is 0 Å². The van der Waals surface area contributed by atoms with Crippen LogP contribution >= 0.6 is 0 Å². The lowest BCUT2D eigenvalue weighted by Gasteiger charge is -2.09. The highest BCUT2D eigenvalue weighted by Crippen LogP contribution is 2.19. The molecule has 0 amide bonds. The molecule has 112 valence electrons. The van der Waals surface area contributed by atoms with Crippen LogP contribution in [0.25, 0.3) is 0 Å². The molecule has 1 aliphatic heterocycles. The summed E-state index contributed by atoms with van der Waals surface area (Å²) >= 11 is 0. The molecule has 2 nitrogen and oxygen atoms in total. The van der Waals surface area contributed by atoms with E-state index in [9.17, 15) is 0 Å². The average Bonchev–Trinajstić information content (AvgIpc) is 3.13. The highest BCUT2D eigenvalue weighted by molar-refractivity contribution is 5.24. The van der Waals surface area contributed by atoms with Crippen LogP contribution in [0, 0.1) is 0 Å². The van der Waals surface area contributed by atoms with Crippen molar-refractivity contribution in [2.75, 3.05) is 13.2 Å². The van der Waals surface area contributed by atoms with Gasteiger partial charge in [0.05, 0.1) is 19.8 Å². The second kappa shape index (κ2) is 9.99. The molecule has 0 N–H and O–H groups in total. The van der Waals surface area contributed by atoms with Gasteiger partial charge in [0.15, 0.2) is 0 Å². The van der Waals surface area contributed by atoms with Gasteiger partial charge in [-0.3, -0.25) is 0 Å². The number of hydrogen-bond acceptors (Lipinski definition) is 2. The van der Waals surface area contributed by atoms with E-state index in [1.165, 1.54) is 17.5 Å². The number of hydrogen-bond donors (Lipinski definition) is 0. The minimum atomic E-state index is 0. The summed E-state index contributed by atoms with van der Waals surface area (Å²) in [7, 11) is 0. The van der Waals surface area contributed by atoms with Crippen molar-refractivity contribution in [3.05, 3.63) is 35.4 Å². The number of benzene rings is 1. The van der Waals surface area contributed by atoms with Crippen molar-refractivity contribution in [3.63, 3.8) is 0 Å². The van der Waals surface area contributed by atoms with E-state index >= 15 is 0 Å². The van der Waals surface area contributed by atoms with Gasteiger partial charge in [0.25, 0.3) is 0 Å². The molecule has 0 bridgehead atoms. The Morgan fingerprint density at radius 1 is 1.21 bits per heavy atom. The lowest BCUT2D eigenvalue weighted by Crippen LogP contribution is -2.01. The molecule has 0 spiro atoms. The maximum Gasteiger partial charge on any atom is 0.104 e. The summed E-state index contributed by atoms with van der Waals surface area (Å²) in [5, 5.41) is 0. The normalized spacial score (nSPS) is 17.5. The van der Waals surface area contributed by atoms with E-state index in [4.69, 9.17) is 9.47 Å². The van der Waals surface area contributed by atoms with Crippen LogP contribution in [-0.2, 0) is 16.1 Å². The lowest BCUT2D eigenvalue weighted by atomic mass is 9.98. The first kappa shape index (κ1) is 20.5. The molecule has 0 saturated carbocycles. The monoisotopic (exact) mass is 268 g/mol. The Morgan fingerprint density at radius 3 is 2.26 bits per heavy atom. The molecule has 0 aliphatic carbocycles. The van der Waals surface area contributed by atoms with Crippen molar-refractivity contribution in [1.29, 1.82) is 0 Å². The molecule has 1 aromatic carbocycles. The van der Waals surface area contributed by atoms with Crippen molar-refractivity contribution in [2.24, 2.45) is 0 Å². The van der Waals surface area contributed by atoms with E-state index in [1.807, 2.05) is 0 Å². The second-order valence-electron chi connectivity index (χ2n) is 4.52. The predicted octanol–water partition coefficient (Wildman–Crippen LogP) is 5.02. The van der Waals surface area contributed by atoms with Crippen molar-refractivity contribution in [3.8, 4) is 0 Å². The quantitative estimate of drug-likeness (QED) is 0.675. The van der Waals surface area contributed by atoms with Gasteiger partial charge in [0, 0.05) is 0 Å². The Kier molecular flexibility index (Phi) is 10.8. The highest BCUT2D eigenvalue weighted by atomic mass is 16.6. The molecule has 2 atom stereocenters. The van der Waals surface area contributed by atoms with Gasteiger partial charge in [-0.2, -0.15) is 0 Å². The molecule has 1 heterocycles. The molecule has 2 heteroatoms. The number of rotatable bonds is 6. The third-order valence-corrected chi connectivity index (χ3v) is 3.14. The first-order valence-electron chi connectivity index (χ1n) is 6.07. The standard InChI is InChI=1S/C14H20O2.3CH4/c1-3-11(2)13-6-4-12(5-7-13)8-15-9-14-10-16-14;;;/h4-7,11,14H,3,8-10H2,1-2H3;3*1H4. The molecule has 1 aliphatic rings. The van der Waals surface area contributed by atoms with Crippen LogP contribution in [0.15, 0.2) is 24.3 Å². The predicted molar refractivity (Wildman–Crippen MR) is 84.7 cm³/mol. The van der Waals surface area contributed by atoms with Crippen LogP contribution < -0.4 is 0 Å². The van der Waals surface area contributed by atoms with Gasteiger partial charge in [0.1, 0.15) is 6.10 Å². The summed E-state index contributed by atoms with van der Waals surface area (Å²) in [6, 6.07) is 8.74. The first-order chi connectivity index (χ1) is 7.79. The Labute approximate surface area is 120 Å². The summed E-state index contributed by atoms with van der Waals surface area (Å²) in [5.41, 5.74) is 2.66. The van der Waals surface area contributed by atoms with Crippen LogP contribution in [0.5, 0.6) is 0 Å². The molecule has 0 aromatic heterocycles. The van der Waals surface area contributed by atoms with Crippen molar-refractivity contribution < 1.29 is 9.47 Å². The van der Waals surface area contributed by atoms with Gasteiger partial charge in [-0.15, -0.1) is 0 Å². The van der Waals surface area contributed by atoms with Crippen LogP contribution in [0.1, 0.15) is 59.6 Å². The third kappa shape index (κ3) is 6.74. The summed E-state index contributed by atoms with van der Waals surface area (Å²) in [4.78, 5) is 0. The van der Waals surface area contributed by atoms with E-state index in [0.717, 1.165) is 13.2 Å². The van der Waals surface area contributed by atoms with Crippen LogP contribution in [0.3, 0.4) is 0 Å². The van der Waals surface area contributed by atoms with Gasteiger partial charge in [-0.05, 0) is 23.5 Å². The molecule has 1 fully saturated rings. The summed E-state index contributed by atoms with van der Waals surface area (Å²) in [6.45, 7) is 6.77. The van der Waals surface area contributed by atoms with Gasteiger partial charge in [0.2, 0.25) is 0 Å². The SMILES string of the molecule is C.C.C.CCC(C)c1ccc(COCC2CO2)cc1. The molecule has 0 radical (unpaired) electrons. The highest BCUT2D eigenvalue weighted by Gasteiger charge is 2.22. The maximum absolute atomic E-state index is 5.55. The fourth-order valence-electron chi connectivity index (χ4n) is 1.65. The van der Waals surface area contributed by atoms with Crippen molar-refractivity contribution >= 4 is 0 Å². The lowest BCUT2D eigenvalue weighted by molar-refractivity contribution is 0.104. The van der Waals surface area contributed by atoms with Crippen LogP contribution in [-0.4, -0.2) is 19.3 Å². The smallest absolute Gasteiger partial charge is 0.104 e. The zero-order valence-electron chi connectivity index (χ0n) is 10.1. The molecular formula is C17H32O2. The van der Waals surface area contributed by atoms with Crippen LogP contribution in [0.4, 0.5) is 0 Å². The van der Waals surface area contributed by atoms with Gasteiger partial charge >= 0.3 is 0 Å². The average molecular weight is 268 g/mol. The molecule has 2 unspecified atom stereocenters. The van der Waals surface area contributed by atoms with Crippen molar-refractivity contribution in [1.82, 2.24) is 0 Å². The largest absolute Gasteiger partial charge is 0.374 e. The summed E-state index contributed by atoms with van der Waals surface area (Å²) in [5.74, 6) is 0.648. The van der Waals surface area contributed by atoms with E-state index in [1.54, 1.807) is 0 Å². The Balaban J connectivity index is 0. The summed E-state index contributed by atoms with van der Waals surface area (Å²) in [6.07, 6.45) is 1.55. The maximum atomic E-state index is 5.55. The number of ether oxygens (including phenoxy) is 2. The first-order valence-corrected chi connectivity index (χ1v) is 6.07. The topological polar surface area (TPSA) is 21.8 Å². The van der Waals surface area contributed by atoms with E-state index in [-0.39, 0.29) is 22.3 Å². The zero-order valence-corrected chi connectivity index (χ0v) is 10.1. The number of epoxide rings is 1. The van der Waals surface area contributed by atoms with E-state index in [0.29, 0.717) is 18.6 Å². The minimum absolute atomic E-state index is 0. The molecule has 1 aromatic rings. The zero-order chi connectivity index (χ0) is 11.4. The fraction of sp³-hybridized carbons (Fsp3) is 0.647. The Bertz CT molecular complexity index is 315. The fourth-order valence-corrected chi connectivity index (χ4v) is 1.65. The van der Waals surface area contributed by atoms with Gasteiger partial charge < -0.3 is 9.47 Å². The minimum Gasteiger partial charge on any atom is -0.374 e. The van der Waals surface area contributed by atoms with Gasteiger partial charge in [-0.1, -0.05) is 60.4 Å². The molecular weight excluding hydrogens is 236 g/mol. The molecule has 19 heavy (non-hydrogen) atoms.